The van der Waals surface area contributed by atoms with Gasteiger partial charge in [0.2, 0.25) is 0 Å². The molecule has 4 rings (SSSR count). The molecule has 0 saturated carbocycles. The molecule has 0 aliphatic rings. The Labute approximate surface area is 277 Å². The number of amides is 1. The van der Waals surface area contributed by atoms with E-state index in [1.807, 2.05) is 87.6 Å². The van der Waals surface area contributed by atoms with Crippen LogP contribution in [0.15, 0.2) is 79.0 Å². The van der Waals surface area contributed by atoms with Crippen LogP contribution in [0, 0.1) is 6.92 Å². The SMILES string of the molecule is CC.CCCC.Cc1ccccc1-c1cc(COCc2cnc(-c3ccccc3)s2)ccc1C(=O)NC(CCS(C)(=O)=O)C(=O)O. The lowest BCUT2D eigenvalue weighted by Gasteiger charge is -2.17. The fourth-order valence-corrected chi connectivity index (χ4v) is 5.68. The number of aromatic nitrogens is 1. The lowest BCUT2D eigenvalue weighted by molar-refractivity contribution is -0.139. The van der Waals surface area contributed by atoms with Crippen LogP contribution in [0.3, 0.4) is 0 Å². The summed E-state index contributed by atoms with van der Waals surface area (Å²) in [5.41, 5.74) is 4.59. The van der Waals surface area contributed by atoms with E-state index in [4.69, 9.17) is 4.74 Å². The number of nitrogens with one attached hydrogen (secondary N) is 1. The predicted molar refractivity (Wildman–Crippen MR) is 188 cm³/mol. The average molecular weight is 667 g/mol. The molecule has 46 heavy (non-hydrogen) atoms. The van der Waals surface area contributed by atoms with Gasteiger partial charge >= 0.3 is 5.97 Å². The van der Waals surface area contributed by atoms with Crippen LogP contribution in [-0.2, 0) is 32.6 Å². The molecule has 3 aromatic carbocycles. The van der Waals surface area contributed by atoms with Crippen molar-refractivity contribution in [2.45, 2.75) is 73.1 Å². The second-order valence-electron chi connectivity index (χ2n) is 10.5. The van der Waals surface area contributed by atoms with Crippen molar-refractivity contribution in [1.82, 2.24) is 10.3 Å². The smallest absolute Gasteiger partial charge is 0.326 e. The van der Waals surface area contributed by atoms with E-state index in [1.165, 1.54) is 12.8 Å². The number of hydrogen-bond donors (Lipinski definition) is 2. The fourth-order valence-electron chi connectivity index (χ4n) is 4.16. The first-order valence-corrected chi connectivity index (χ1v) is 18.4. The molecular formula is C36H46N2O6S2. The molecule has 1 aromatic heterocycles. The first-order chi connectivity index (χ1) is 22.0. The zero-order valence-corrected chi connectivity index (χ0v) is 29.2. The molecule has 2 N–H and O–H groups in total. The zero-order chi connectivity index (χ0) is 34.1. The van der Waals surface area contributed by atoms with Crippen molar-refractivity contribution in [2.24, 2.45) is 0 Å². The van der Waals surface area contributed by atoms with Crippen LogP contribution >= 0.6 is 11.3 Å². The van der Waals surface area contributed by atoms with Crippen molar-refractivity contribution in [3.63, 3.8) is 0 Å². The summed E-state index contributed by atoms with van der Waals surface area (Å²) in [7, 11) is -3.39. The third kappa shape index (κ3) is 12.5. The van der Waals surface area contributed by atoms with E-state index < -0.39 is 27.8 Å². The van der Waals surface area contributed by atoms with Gasteiger partial charge in [-0.2, -0.15) is 0 Å². The molecule has 1 amide bonds. The Morgan fingerprint density at radius 1 is 0.935 bits per heavy atom. The number of thiazole rings is 1. The molecule has 0 aliphatic carbocycles. The van der Waals surface area contributed by atoms with Crippen LogP contribution in [0.4, 0.5) is 0 Å². The maximum absolute atomic E-state index is 13.3. The predicted octanol–water partition coefficient (Wildman–Crippen LogP) is 7.95. The van der Waals surface area contributed by atoms with Gasteiger partial charge in [0, 0.05) is 23.6 Å². The maximum atomic E-state index is 13.3. The molecule has 0 saturated heterocycles. The molecule has 0 radical (unpaired) electrons. The third-order valence-electron chi connectivity index (χ3n) is 6.73. The van der Waals surface area contributed by atoms with Crippen LogP contribution in [0.25, 0.3) is 21.7 Å². The largest absolute Gasteiger partial charge is 0.480 e. The number of unbranched alkanes of at least 4 members (excludes halogenated alkanes) is 1. The minimum atomic E-state index is -3.39. The highest BCUT2D eigenvalue weighted by Gasteiger charge is 2.24. The van der Waals surface area contributed by atoms with Gasteiger partial charge in [0.15, 0.2) is 0 Å². The van der Waals surface area contributed by atoms with Crippen LogP contribution in [0.5, 0.6) is 0 Å². The lowest BCUT2D eigenvalue weighted by Crippen LogP contribution is -2.42. The number of aliphatic carboxylic acids is 1. The van der Waals surface area contributed by atoms with Crippen LogP contribution in [0.1, 0.15) is 73.3 Å². The van der Waals surface area contributed by atoms with E-state index >= 15 is 0 Å². The number of ether oxygens (including phenoxy) is 1. The van der Waals surface area contributed by atoms with E-state index in [2.05, 4.69) is 24.1 Å². The number of sulfone groups is 1. The summed E-state index contributed by atoms with van der Waals surface area (Å²) in [6, 6.07) is 21.5. The molecule has 0 bridgehead atoms. The molecule has 8 nitrogen and oxygen atoms in total. The molecule has 1 heterocycles. The van der Waals surface area contributed by atoms with Gasteiger partial charge in [-0.3, -0.25) is 4.79 Å². The normalized spacial score (nSPS) is 11.3. The summed E-state index contributed by atoms with van der Waals surface area (Å²) in [5.74, 6) is -2.24. The molecule has 0 aliphatic heterocycles. The number of benzene rings is 3. The number of aryl methyl sites for hydroxylation is 1. The molecule has 0 fully saturated rings. The highest BCUT2D eigenvalue weighted by molar-refractivity contribution is 7.90. The second kappa shape index (κ2) is 19.6. The van der Waals surface area contributed by atoms with E-state index in [0.29, 0.717) is 24.3 Å². The quantitative estimate of drug-likeness (QED) is 0.148. The Morgan fingerprint density at radius 3 is 2.20 bits per heavy atom. The van der Waals surface area contributed by atoms with Crippen LogP contribution < -0.4 is 5.32 Å². The van der Waals surface area contributed by atoms with Gasteiger partial charge in [0.25, 0.3) is 5.91 Å². The monoisotopic (exact) mass is 666 g/mol. The topological polar surface area (TPSA) is 123 Å². The minimum Gasteiger partial charge on any atom is -0.480 e. The number of carboxylic acids is 1. The molecule has 0 spiro atoms. The molecule has 1 atom stereocenters. The Balaban J connectivity index is 0.00000114. The van der Waals surface area contributed by atoms with Gasteiger partial charge in [0.05, 0.1) is 23.8 Å². The molecule has 1 unspecified atom stereocenters. The molecular weight excluding hydrogens is 621 g/mol. The minimum absolute atomic E-state index is 0.227. The highest BCUT2D eigenvalue weighted by atomic mass is 32.2. The Hall–Kier alpha value is -3.86. The summed E-state index contributed by atoms with van der Waals surface area (Å²) in [4.78, 5) is 30.5. The van der Waals surface area contributed by atoms with Crippen LogP contribution in [-0.4, -0.2) is 48.4 Å². The first-order valence-electron chi connectivity index (χ1n) is 15.5. The highest BCUT2D eigenvalue weighted by Crippen LogP contribution is 2.29. The van der Waals surface area contributed by atoms with Crippen LogP contribution in [0.2, 0.25) is 0 Å². The van der Waals surface area contributed by atoms with Crippen molar-refractivity contribution < 1.29 is 27.9 Å². The lowest BCUT2D eigenvalue weighted by atomic mass is 9.93. The first kappa shape index (κ1) is 38.3. The van der Waals surface area contributed by atoms with Gasteiger partial charge < -0.3 is 15.2 Å². The summed E-state index contributed by atoms with van der Waals surface area (Å²) in [6.45, 7) is 11.0. The number of carbonyl (C=O) groups is 2. The molecule has 10 heteroatoms. The number of nitrogens with zero attached hydrogens (tertiary/aromatic N) is 1. The molecule has 248 valence electrons. The average Bonchev–Trinajstić information content (AvgIpc) is 3.53. The fraction of sp³-hybridized carbons (Fsp3) is 0.361. The number of carboxylic acid groups (broad SMARTS) is 1. The number of carbonyl (C=O) groups excluding carboxylic acids is 1. The summed E-state index contributed by atoms with van der Waals surface area (Å²) in [5, 5.41) is 13.0. The van der Waals surface area contributed by atoms with Gasteiger partial charge in [-0.1, -0.05) is 101 Å². The molecule has 4 aromatic rings. The Bertz CT molecular complexity index is 1630. The third-order valence-corrected chi connectivity index (χ3v) is 8.73. The summed E-state index contributed by atoms with van der Waals surface area (Å²) < 4.78 is 29.1. The standard InChI is InChI=1S/C30H30N2O6S2.C4H10.C2H6/c1-20-8-6-7-11-24(20)26-16-21(18-38-19-23-17-31-29(39-23)22-9-4-3-5-10-22)12-13-25(26)28(33)32-27(30(34)35)14-15-40(2,36)37;1-3-4-2;1-2/h3-13,16-17,27H,14-15,18-19H2,1-2H3,(H,32,33)(H,34,35);3-4H2,1-2H3;1-2H3. The Morgan fingerprint density at radius 2 is 1.59 bits per heavy atom. The van der Waals surface area contributed by atoms with Gasteiger partial charge in [-0.25, -0.2) is 18.2 Å². The van der Waals surface area contributed by atoms with E-state index in [1.54, 1.807) is 23.5 Å². The number of hydrogen-bond acceptors (Lipinski definition) is 7. The van der Waals surface area contributed by atoms with Crippen molar-refractivity contribution in [1.29, 1.82) is 0 Å². The number of rotatable bonds is 13. The second-order valence-corrected chi connectivity index (χ2v) is 13.8. The van der Waals surface area contributed by atoms with Crippen molar-refractivity contribution in [3.05, 3.63) is 101 Å². The van der Waals surface area contributed by atoms with E-state index in [-0.39, 0.29) is 12.2 Å². The van der Waals surface area contributed by atoms with Crippen molar-refractivity contribution >= 4 is 33.1 Å². The van der Waals surface area contributed by atoms with Gasteiger partial charge in [-0.15, -0.1) is 11.3 Å². The van der Waals surface area contributed by atoms with E-state index in [0.717, 1.165) is 38.4 Å². The zero-order valence-electron chi connectivity index (χ0n) is 27.6. The van der Waals surface area contributed by atoms with E-state index in [9.17, 15) is 23.1 Å². The van der Waals surface area contributed by atoms with Gasteiger partial charge in [0.1, 0.15) is 20.9 Å². The van der Waals surface area contributed by atoms with Crippen molar-refractivity contribution in [3.8, 4) is 21.7 Å². The van der Waals surface area contributed by atoms with Crippen molar-refractivity contribution in [2.75, 3.05) is 12.0 Å². The summed E-state index contributed by atoms with van der Waals surface area (Å²) in [6.07, 6.45) is 5.25. The van der Waals surface area contributed by atoms with Gasteiger partial charge in [-0.05, 0) is 47.7 Å². The maximum Gasteiger partial charge on any atom is 0.326 e. The summed E-state index contributed by atoms with van der Waals surface area (Å²) >= 11 is 1.57. The Kier molecular flexibility index (Phi) is 16.3.